The lowest BCUT2D eigenvalue weighted by Crippen LogP contribution is -2.68. The summed E-state index contributed by atoms with van der Waals surface area (Å²) in [6.45, 7) is 2.31. The van der Waals surface area contributed by atoms with Gasteiger partial charge in [-0.25, -0.2) is 4.79 Å². The minimum absolute atomic E-state index is 0.106. The molecule has 4 aliphatic heterocycles. The molecule has 1 N–H and O–H groups in total. The molecule has 0 amide bonds. The van der Waals surface area contributed by atoms with E-state index in [0.717, 1.165) is 0 Å². The van der Waals surface area contributed by atoms with Gasteiger partial charge in [0.1, 0.15) is 42.1 Å². The Kier molecular flexibility index (Phi) is 16.3. The number of benzene rings is 3. The monoisotopic (exact) mass is 961 g/mol. The van der Waals surface area contributed by atoms with Crippen LogP contribution in [0.3, 0.4) is 0 Å². The van der Waals surface area contributed by atoms with E-state index in [1.165, 1.54) is 26.0 Å². The molecule has 7 rings (SSSR count). The summed E-state index contributed by atoms with van der Waals surface area (Å²) < 4.78 is 66.4. The van der Waals surface area contributed by atoms with E-state index in [9.17, 15) is 24.0 Å². The molecule has 4 fully saturated rings. The molecule has 17 nitrogen and oxygen atoms in total. The van der Waals surface area contributed by atoms with Crippen molar-refractivity contribution < 1.29 is 76.1 Å². The highest BCUT2D eigenvalue weighted by Gasteiger charge is 2.59. The Morgan fingerprint density at radius 2 is 1.02 bits per heavy atom. The van der Waals surface area contributed by atoms with Crippen molar-refractivity contribution in [2.75, 3.05) is 13.2 Å². The molecule has 0 aliphatic carbocycles. The van der Waals surface area contributed by atoms with Gasteiger partial charge in [0.15, 0.2) is 37.2 Å². The Morgan fingerprint density at radius 1 is 0.569 bits per heavy atom. The molecule has 0 saturated carbocycles. The predicted molar refractivity (Wildman–Crippen MR) is 227 cm³/mol. The van der Waals surface area contributed by atoms with Crippen LogP contribution in [-0.4, -0.2) is 114 Å². The zero-order valence-electron chi connectivity index (χ0n) is 35.0. The molecule has 0 bridgehead atoms. The summed E-state index contributed by atoms with van der Waals surface area (Å²) in [6, 6.07) is 25.7. The maximum absolute atomic E-state index is 14.0. The van der Waals surface area contributed by atoms with Gasteiger partial charge < -0.3 is 61.7 Å². The van der Waals surface area contributed by atoms with E-state index >= 15 is 0 Å². The van der Waals surface area contributed by atoms with E-state index < -0.39 is 102 Å². The average Bonchev–Trinajstić information content (AvgIpc) is 3.29. The van der Waals surface area contributed by atoms with Crippen molar-refractivity contribution in [1.82, 2.24) is 0 Å². The highest BCUT2D eigenvalue weighted by Crippen LogP contribution is 2.42. The summed E-state index contributed by atoms with van der Waals surface area (Å²) in [5, 5.41) is 8.47. The van der Waals surface area contributed by atoms with Gasteiger partial charge in [-0.05, 0) is 26.0 Å². The minimum Gasteiger partial charge on any atom is -0.455 e. The lowest BCUT2D eigenvalue weighted by atomic mass is 9.95. The second-order valence-electron chi connectivity index (χ2n) is 15.5. The summed E-state index contributed by atoms with van der Waals surface area (Å²) in [5.41, 5.74) is 1.33. The van der Waals surface area contributed by atoms with Crippen LogP contribution in [0, 0.1) is 5.41 Å². The number of hydrogen-bond acceptors (Lipinski definition) is 17. The molecular weight excluding hydrogens is 917 g/mol. The van der Waals surface area contributed by atoms with Crippen LogP contribution < -0.4 is 0 Å². The van der Waals surface area contributed by atoms with Gasteiger partial charge >= 0.3 is 17.9 Å². The van der Waals surface area contributed by atoms with Crippen molar-refractivity contribution in [3.8, 4) is 0 Å². The number of carbonyl (C=O) groups is 5. The fraction of sp³-hybridized carbons (Fsp3) is 0.467. The van der Waals surface area contributed by atoms with Crippen LogP contribution in [0.5, 0.6) is 0 Å². The molecule has 0 spiro atoms. The average molecular weight is 963 g/mol. The van der Waals surface area contributed by atoms with Crippen molar-refractivity contribution in [3.63, 3.8) is 0 Å². The SMILES string of the molecule is CC(=O)CCC(=O)O[C@@H]1[C@@H](OC(=O)CCC(C)=O)[C@H](O[C@H]2[C@@H]3O[C@H](c4ccccc4)OC[C@H]3OC(OC(=N)C(Cl)(Cl)Cl)[C@@H]2OC(=O)c2ccccc2)O[C@@H]2CO[C@@H](c3ccccc3)O[C@@H]12. The van der Waals surface area contributed by atoms with E-state index in [1.54, 1.807) is 72.8 Å². The number of carbonyl (C=O) groups excluding carboxylic acids is 5. The summed E-state index contributed by atoms with van der Waals surface area (Å²) in [7, 11) is 0. The number of alkyl halides is 3. The van der Waals surface area contributed by atoms with Crippen molar-refractivity contribution in [1.29, 1.82) is 5.41 Å². The largest absolute Gasteiger partial charge is 0.455 e. The Hall–Kier alpha value is -4.53. The number of rotatable bonds is 15. The van der Waals surface area contributed by atoms with Gasteiger partial charge in [0.2, 0.25) is 12.2 Å². The number of nitrogens with one attached hydrogen (secondary N) is 1. The molecule has 3 aromatic rings. The van der Waals surface area contributed by atoms with Crippen molar-refractivity contribution >= 4 is 70.2 Å². The van der Waals surface area contributed by atoms with E-state index in [4.69, 9.17) is 92.3 Å². The first kappa shape index (κ1) is 48.4. The van der Waals surface area contributed by atoms with Crippen molar-refractivity contribution in [2.24, 2.45) is 0 Å². The summed E-state index contributed by atoms with van der Waals surface area (Å²) in [6.07, 6.45) is -17.4. The third-order valence-electron chi connectivity index (χ3n) is 10.6. The van der Waals surface area contributed by atoms with Crippen LogP contribution in [0.1, 0.15) is 73.6 Å². The predicted octanol–water partition coefficient (Wildman–Crippen LogP) is 6.20. The molecule has 20 heteroatoms. The van der Waals surface area contributed by atoms with Crippen molar-refractivity contribution in [2.45, 2.75) is 117 Å². The summed E-state index contributed by atoms with van der Waals surface area (Å²) in [5.74, 6) is -4.09. The van der Waals surface area contributed by atoms with Gasteiger partial charge in [0.25, 0.3) is 3.79 Å². The lowest BCUT2D eigenvalue weighted by molar-refractivity contribution is -0.400. The van der Waals surface area contributed by atoms with Gasteiger partial charge in [-0.2, -0.15) is 0 Å². The molecule has 0 radical (unpaired) electrons. The Labute approximate surface area is 388 Å². The molecule has 12 atom stereocenters. The molecule has 0 aromatic heterocycles. The highest BCUT2D eigenvalue weighted by atomic mass is 35.6. The van der Waals surface area contributed by atoms with E-state index in [0.29, 0.717) is 11.1 Å². The number of fused-ring (bicyclic) bond motifs is 2. The van der Waals surface area contributed by atoms with Gasteiger partial charge in [0.05, 0.1) is 31.6 Å². The second-order valence-corrected chi connectivity index (χ2v) is 17.8. The van der Waals surface area contributed by atoms with Crippen molar-refractivity contribution in [3.05, 3.63) is 108 Å². The molecule has 65 heavy (non-hydrogen) atoms. The first-order chi connectivity index (χ1) is 31.1. The van der Waals surface area contributed by atoms with Crippen LogP contribution in [0.4, 0.5) is 0 Å². The molecule has 4 aliphatic rings. The maximum Gasteiger partial charge on any atom is 0.338 e. The highest BCUT2D eigenvalue weighted by molar-refractivity contribution is 6.76. The van der Waals surface area contributed by atoms with Gasteiger partial charge in [-0.15, -0.1) is 0 Å². The molecule has 3 aromatic carbocycles. The minimum atomic E-state index is -2.40. The number of ether oxygens (including phenoxy) is 11. The third-order valence-corrected chi connectivity index (χ3v) is 11.2. The lowest BCUT2D eigenvalue weighted by Gasteiger charge is -2.52. The fourth-order valence-corrected chi connectivity index (χ4v) is 7.61. The fourth-order valence-electron chi connectivity index (χ4n) is 7.48. The number of hydrogen-bond donors (Lipinski definition) is 1. The van der Waals surface area contributed by atoms with Gasteiger partial charge in [-0.3, -0.25) is 15.0 Å². The number of halogens is 3. The summed E-state index contributed by atoms with van der Waals surface area (Å²) >= 11 is 18.2. The first-order valence-corrected chi connectivity index (χ1v) is 21.8. The normalized spacial score (nSPS) is 29.8. The quantitative estimate of drug-likeness (QED) is 0.0591. The number of esters is 3. The van der Waals surface area contributed by atoms with Crippen LogP contribution in [0.2, 0.25) is 0 Å². The van der Waals surface area contributed by atoms with Crippen LogP contribution in [0.25, 0.3) is 0 Å². The van der Waals surface area contributed by atoms with E-state index in [1.807, 2.05) is 6.07 Å². The smallest absolute Gasteiger partial charge is 0.338 e. The van der Waals surface area contributed by atoms with E-state index in [-0.39, 0.29) is 56.0 Å². The Bertz CT molecular complexity index is 2150. The zero-order valence-corrected chi connectivity index (χ0v) is 37.3. The van der Waals surface area contributed by atoms with E-state index in [2.05, 4.69) is 0 Å². The van der Waals surface area contributed by atoms with Crippen LogP contribution in [-0.2, 0) is 71.3 Å². The standard InChI is InChI=1S/C45H46Cl3NO16/c1-24(50)18-20-31(52)59-35-33-29(22-55-40(62-33)27-14-8-4-9-15-27)57-42(37(35)60-32(53)21-19-25(2)51)64-36-34-30(23-56-41(63-34)28-16-10-5-11-17-28)58-43(65-44(49)45(46,47)48)38(36)61-39(54)26-12-6-3-7-13-26/h3-17,29-30,33-38,40-43,49H,18-23H2,1-2H3/t29-,30-,33-,34-,35+,36+,37-,38-,40-,41-,42+,43?/m1/s1. The van der Waals surface area contributed by atoms with Gasteiger partial charge in [0, 0.05) is 24.0 Å². The number of Topliss-reactive ketones (excluding diaryl/α,β-unsaturated/α-hetero) is 2. The second kappa shape index (κ2) is 21.8. The molecular formula is C45H46Cl3NO16. The number of ketones is 2. The Morgan fingerprint density at radius 3 is 1.51 bits per heavy atom. The van der Waals surface area contributed by atoms with Gasteiger partial charge in [-0.1, -0.05) is 114 Å². The maximum atomic E-state index is 14.0. The third kappa shape index (κ3) is 12.5. The zero-order chi connectivity index (χ0) is 46.3. The topological polar surface area (TPSA) is 211 Å². The molecule has 4 saturated heterocycles. The summed E-state index contributed by atoms with van der Waals surface area (Å²) in [4.78, 5) is 65.1. The molecule has 348 valence electrons. The molecule has 1 unspecified atom stereocenters. The van der Waals surface area contributed by atoms with Crippen LogP contribution in [0.15, 0.2) is 91.0 Å². The Balaban J connectivity index is 1.31. The van der Waals surface area contributed by atoms with Crippen LogP contribution >= 0.6 is 34.8 Å². The molecule has 4 heterocycles. The first-order valence-electron chi connectivity index (χ1n) is 20.7.